The van der Waals surface area contributed by atoms with E-state index in [1.54, 1.807) is 42.5 Å². The van der Waals surface area contributed by atoms with Gasteiger partial charge in [-0.2, -0.15) is 15.3 Å². The Morgan fingerprint density at radius 1 is 0.418 bits per heavy atom. The molecule has 0 aromatic heterocycles. The second kappa shape index (κ2) is 22.8. The zero-order valence-corrected chi connectivity index (χ0v) is 46.4. The normalized spacial score (nSPS) is 12.2. The number of nitrogens with zero attached hydrogens (tertiary/aromatic N) is 6. The summed E-state index contributed by atoms with van der Waals surface area (Å²) in [6.45, 7) is 0. The average molecular weight is 1020 g/mol. The molecule has 0 aliphatic carbocycles. The fraction of sp³-hybridized carbons (Fsp3) is 0. The van der Waals surface area contributed by atoms with Crippen molar-refractivity contribution in [1.82, 2.24) is 0 Å². The standard InChI is InChI=1S/C38H27N7O14S4.4Na/c39-34-33-23(18-31(63(57,58)59)37(38(33)47)45-40-24-4-2-1-3-5-24)17-30(62(54,55)56)36(34)44-42-26-13-8-21(9-14-26)20-6-11-25(12-7-20)41-43-35-28(46)15-10-22-16-27(60(48,49)50)19-29(32(22)35)61(51,52)53;;;;/h1-19,46-47H,39H2,(H,48,49,50)(H,51,52,53)(H,54,55,56)(H,57,58,59);;;;/q;4*+1/p-4. The third kappa shape index (κ3) is 13.2. The van der Waals surface area contributed by atoms with Crippen molar-refractivity contribution in [1.29, 1.82) is 0 Å². The van der Waals surface area contributed by atoms with Crippen LogP contribution in [0.5, 0.6) is 11.5 Å². The maximum atomic E-state index is 12.4. The minimum absolute atomic E-state index is 0. The van der Waals surface area contributed by atoms with E-state index in [4.69, 9.17) is 5.73 Å². The molecule has 29 heteroatoms. The monoisotopic (exact) mass is 1020 g/mol. The molecule has 4 N–H and O–H groups in total. The number of nitrogens with two attached hydrogens (primary N) is 1. The Balaban J connectivity index is 0.00000298. The van der Waals surface area contributed by atoms with Gasteiger partial charge >= 0.3 is 118 Å². The number of hydrogen-bond donors (Lipinski definition) is 3. The molecule has 21 nitrogen and oxygen atoms in total. The summed E-state index contributed by atoms with van der Waals surface area (Å²) >= 11 is 0. The van der Waals surface area contributed by atoms with E-state index in [1.807, 2.05) is 0 Å². The molecule has 7 aromatic rings. The van der Waals surface area contributed by atoms with Gasteiger partial charge in [0.15, 0.2) is 5.75 Å². The van der Waals surface area contributed by atoms with Crippen LogP contribution in [-0.4, -0.2) is 62.1 Å². The number of azo groups is 3. The second-order valence-electron chi connectivity index (χ2n) is 13.1. The Kier molecular flexibility index (Phi) is 19.8. The van der Waals surface area contributed by atoms with Crippen LogP contribution in [0.15, 0.2) is 166 Å². The number of hydrogen-bond acceptors (Lipinski definition) is 21. The smallest absolute Gasteiger partial charge is 0.744 e. The number of benzene rings is 7. The first-order valence-corrected chi connectivity index (χ1v) is 22.9. The van der Waals surface area contributed by atoms with Gasteiger partial charge in [0.2, 0.25) is 0 Å². The van der Waals surface area contributed by atoms with Crippen LogP contribution in [0, 0.1) is 0 Å². The molecule has 7 rings (SSSR count). The number of rotatable bonds is 11. The van der Waals surface area contributed by atoms with Gasteiger partial charge in [-0.1, -0.05) is 48.5 Å². The van der Waals surface area contributed by atoms with Crippen molar-refractivity contribution in [3.8, 4) is 22.6 Å². The number of anilines is 1. The van der Waals surface area contributed by atoms with Crippen LogP contribution in [0.4, 0.5) is 39.8 Å². The van der Waals surface area contributed by atoms with Crippen molar-refractivity contribution in [3.63, 3.8) is 0 Å². The fourth-order valence-corrected chi connectivity index (χ4v) is 8.81. The van der Waals surface area contributed by atoms with Gasteiger partial charge in [-0.3, -0.25) is 0 Å². The summed E-state index contributed by atoms with van der Waals surface area (Å²) in [5.74, 6) is -1.59. The minimum Gasteiger partial charge on any atom is -0.744 e. The topological polar surface area (TPSA) is 369 Å². The quantitative estimate of drug-likeness (QED) is 0.0476. The maximum absolute atomic E-state index is 12.4. The van der Waals surface area contributed by atoms with E-state index < -0.39 is 110 Å². The number of aromatic hydroxyl groups is 2. The van der Waals surface area contributed by atoms with E-state index in [9.17, 15) is 62.1 Å². The molecular weight excluding hydrogens is 999 g/mol. The van der Waals surface area contributed by atoms with Crippen molar-refractivity contribution < 1.29 is 180 Å². The molecule has 0 fully saturated rings. The molecule has 0 unspecified atom stereocenters. The molecule has 0 saturated heterocycles. The van der Waals surface area contributed by atoms with Crippen LogP contribution in [0.25, 0.3) is 32.7 Å². The summed E-state index contributed by atoms with van der Waals surface area (Å²) in [5, 5.41) is 43.6. The van der Waals surface area contributed by atoms with Crippen LogP contribution >= 0.6 is 0 Å². The predicted octanol–water partition coefficient (Wildman–Crippen LogP) is -4.47. The zero-order chi connectivity index (χ0) is 45.6. The molecule has 0 aliphatic heterocycles. The molecule has 0 spiro atoms. The second-order valence-corrected chi connectivity index (χ2v) is 18.5. The van der Waals surface area contributed by atoms with Gasteiger partial charge in [0.25, 0.3) is 0 Å². The van der Waals surface area contributed by atoms with Crippen molar-refractivity contribution >= 4 is 102 Å². The first kappa shape index (κ1) is 58.2. The van der Waals surface area contributed by atoms with E-state index >= 15 is 0 Å². The van der Waals surface area contributed by atoms with E-state index in [-0.39, 0.29) is 141 Å². The first-order chi connectivity index (χ1) is 29.5. The van der Waals surface area contributed by atoms with Gasteiger partial charge in [-0.15, -0.1) is 15.3 Å². The predicted molar refractivity (Wildman–Crippen MR) is 218 cm³/mol. The Labute approximate surface area is 469 Å². The molecule has 7 aromatic carbocycles. The minimum atomic E-state index is -5.39. The summed E-state index contributed by atoms with van der Waals surface area (Å²) in [7, 11) is -21.3. The molecule has 0 aliphatic rings. The van der Waals surface area contributed by atoms with Crippen molar-refractivity contribution in [2.45, 2.75) is 19.6 Å². The maximum Gasteiger partial charge on any atom is 1.00 e. The molecule has 67 heavy (non-hydrogen) atoms. The van der Waals surface area contributed by atoms with E-state index in [1.165, 1.54) is 36.4 Å². The first-order valence-electron chi connectivity index (χ1n) is 17.3. The molecule has 0 heterocycles. The fourth-order valence-electron chi connectivity index (χ4n) is 6.17. The zero-order valence-electron chi connectivity index (χ0n) is 35.2. The molecule has 0 saturated carbocycles. The van der Waals surface area contributed by atoms with Gasteiger partial charge in [0, 0.05) is 5.39 Å². The molecular formula is C38H23N7Na4O14S4. The van der Waals surface area contributed by atoms with E-state index in [2.05, 4.69) is 30.7 Å². The number of nitrogen functional groups attached to an aromatic ring is 1. The number of phenolic OH excluding ortho intramolecular Hbond substituents is 2. The van der Waals surface area contributed by atoms with Gasteiger partial charge in [0.1, 0.15) is 63.3 Å². The average Bonchev–Trinajstić information content (AvgIpc) is 3.21. The largest absolute Gasteiger partial charge is 1.00 e. The van der Waals surface area contributed by atoms with Crippen LogP contribution in [-0.2, 0) is 40.5 Å². The number of fused-ring (bicyclic) bond motifs is 2. The molecule has 0 radical (unpaired) electrons. The van der Waals surface area contributed by atoms with E-state index in [0.717, 1.165) is 18.2 Å². The van der Waals surface area contributed by atoms with Gasteiger partial charge < -0.3 is 34.2 Å². The van der Waals surface area contributed by atoms with Gasteiger partial charge in [-0.05, 0) is 88.6 Å². The summed E-state index contributed by atoms with van der Waals surface area (Å²) in [5.41, 5.74) is 5.30. The van der Waals surface area contributed by atoms with Crippen molar-refractivity contribution in [2.75, 3.05) is 5.73 Å². The van der Waals surface area contributed by atoms with Crippen molar-refractivity contribution in [3.05, 3.63) is 115 Å². The number of phenols is 2. The van der Waals surface area contributed by atoms with Crippen LogP contribution in [0.2, 0.25) is 0 Å². The van der Waals surface area contributed by atoms with Crippen molar-refractivity contribution in [2.24, 2.45) is 30.7 Å². The Bertz CT molecular complexity index is 3590. The van der Waals surface area contributed by atoms with E-state index in [0.29, 0.717) is 29.3 Å². The molecule has 322 valence electrons. The Morgan fingerprint density at radius 2 is 0.851 bits per heavy atom. The van der Waals surface area contributed by atoms with Crippen LogP contribution in [0.3, 0.4) is 0 Å². The third-order valence-corrected chi connectivity index (χ3v) is 12.4. The summed E-state index contributed by atoms with van der Waals surface area (Å²) in [4.78, 5) is -4.22. The molecule has 0 atom stereocenters. The molecule has 0 bridgehead atoms. The van der Waals surface area contributed by atoms with Crippen LogP contribution in [0.1, 0.15) is 0 Å². The molecule has 0 amide bonds. The Morgan fingerprint density at radius 3 is 1.31 bits per heavy atom. The Hall–Kier alpha value is -3.10. The van der Waals surface area contributed by atoms with Crippen LogP contribution < -0.4 is 124 Å². The summed E-state index contributed by atoms with van der Waals surface area (Å²) in [6, 6.07) is 24.8. The third-order valence-electron chi connectivity index (χ3n) is 9.04. The summed E-state index contributed by atoms with van der Waals surface area (Å²) < 4.78 is 145. The van der Waals surface area contributed by atoms with Gasteiger partial charge in [-0.25, -0.2) is 33.7 Å². The summed E-state index contributed by atoms with van der Waals surface area (Å²) in [6.07, 6.45) is 0. The SMILES string of the molecule is Nc1c(N=Nc2ccc(-c3ccc(N=Nc4c(O)ccc5cc(S(=O)(=O)[O-])cc(S(=O)(=O)[O-])c45)cc3)cc2)c(S(=O)(=O)[O-])cc2cc(S(=O)(=O)[O-])c(N=Nc3ccccc3)c(O)c12.[Na+].[Na+].[Na+].[Na+]. The van der Waals surface area contributed by atoms with Gasteiger partial charge in [0.05, 0.1) is 47.7 Å².